The summed E-state index contributed by atoms with van der Waals surface area (Å²) in [5.74, 6) is -0.309. The standard InChI is InChI=1S/C19H16ClF3N4O2/c1-26-16(12-5-4-6-13(11-12)19(21,22)23)25-27(18(26)29)10-9-24-17(28)14-7-2-3-8-15(14)20/h2-8,11H,9-10H2,1H3,(H,24,28). The molecule has 0 aliphatic rings. The molecule has 0 saturated heterocycles. The van der Waals surface area contributed by atoms with Crippen molar-refractivity contribution in [2.45, 2.75) is 12.7 Å². The van der Waals surface area contributed by atoms with Crippen molar-refractivity contribution in [2.75, 3.05) is 6.54 Å². The van der Waals surface area contributed by atoms with E-state index in [1.165, 1.54) is 19.2 Å². The van der Waals surface area contributed by atoms with Crippen LogP contribution < -0.4 is 11.0 Å². The summed E-state index contributed by atoms with van der Waals surface area (Å²) in [6.07, 6.45) is -4.50. The predicted octanol–water partition coefficient (Wildman–Crippen LogP) is 3.35. The molecular formula is C19H16ClF3N4O2. The van der Waals surface area contributed by atoms with Gasteiger partial charge in [0.2, 0.25) is 0 Å². The lowest BCUT2D eigenvalue weighted by molar-refractivity contribution is -0.137. The number of carbonyl (C=O) groups is 1. The Morgan fingerprint density at radius 1 is 1.17 bits per heavy atom. The molecule has 2 aromatic carbocycles. The molecule has 3 aromatic rings. The third-order valence-electron chi connectivity index (χ3n) is 4.22. The van der Waals surface area contributed by atoms with Crippen LogP contribution in [0.15, 0.2) is 53.3 Å². The topological polar surface area (TPSA) is 68.9 Å². The van der Waals surface area contributed by atoms with E-state index in [9.17, 15) is 22.8 Å². The second-order valence-corrected chi connectivity index (χ2v) is 6.61. The molecule has 0 aliphatic carbocycles. The van der Waals surface area contributed by atoms with Gasteiger partial charge < -0.3 is 5.32 Å². The van der Waals surface area contributed by atoms with Crippen LogP contribution >= 0.6 is 11.6 Å². The van der Waals surface area contributed by atoms with Crippen LogP contribution in [0.3, 0.4) is 0 Å². The highest BCUT2D eigenvalue weighted by Crippen LogP contribution is 2.31. The van der Waals surface area contributed by atoms with E-state index in [0.717, 1.165) is 21.4 Å². The first-order chi connectivity index (χ1) is 13.7. The van der Waals surface area contributed by atoms with Gasteiger partial charge in [0, 0.05) is 19.2 Å². The van der Waals surface area contributed by atoms with Gasteiger partial charge in [0.05, 0.1) is 22.7 Å². The molecule has 0 saturated carbocycles. The van der Waals surface area contributed by atoms with Crippen LogP contribution in [-0.4, -0.2) is 26.8 Å². The van der Waals surface area contributed by atoms with Crippen molar-refractivity contribution >= 4 is 17.5 Å². The molecule has 0 bridgehead atoms. The first-order valence-corrected chi connectivity index (χ1v) is 8.90. The number of carbonyl (C=O) groups excluding carboxylic acids is 1. The summed E-state index contributed by atoms with van der Waals surface area (Å²) in [5, 5.41) is 7.04. The molecule has 1 heterocycles. The number of nitrogens with zero attached hydrogens (tertiary/aromatic N) is 3. The second-order valence-electron chi connectivity index (χ2n) is 6.20. The Bertz CT molecular complexity index is 1110. The molecule has 1 amide bonds. The Morgan fingerprint density at radius 3 is 2.59 bits per heavy atom. The van der Waals surface area contributed by atoms with Crippen molar-refractivity contribution in [1.82, 2.24) is 19.7 Å². The summed E-state index contributed by atoms with van der Waals surface area (Å²) in [6, 6.07) is 11.1. The summed E-state index contributed by atoms with van der Waals surface area (Å²) >= 11 is 5.97. The summed E-state index contributed by atoms with van der Waals surface area (Å²) in [6.45, 7) is 0.130. The highest BCUT2D eigenvalue weighted by atomic mass is 35.5. The van der Waals surface area contributed by atoms with Crippen LogP contribution in [0.4, 0.5) is 13.2 Å². The van der Waals surface area contributed by atoms with Gasteiger partial charge in [-0.3, -0.25) is 9.36 Å². The molecule has 0 unspecified atom stereocenters. The van der Waals surface area contributed by atoms with Crippen LogP contribution in [0.2, 0.25) is 5.02 Å². The SMILES string of the molecule is Cn1c(-c2cccc(C(F)(F)F)c2)nn(CCNC(=O)c2ccccc2Cl)c1=O. The minimum Gasteiger partial charge on any atom is -0.350 e. The number of amides is 1. The van der Waals surface area contributed by atoms with E-state index < -0.39 is 23.3 Å². The van der Waals surface area contributed by atoms with Crippen molar-refractivity contribution in [2.24, 2.45) is 7.05 Å². The minimum atomic E-state index is -4.50. The Morgan fingerprint density at radius 2 is 1.90 bits per heavy atom. The van der Waals surface area contributed by atoms with Crippen molar-refractivity contribution in [3.8, 4) is 11.4 Å². The molecule has 0 atom stereocenters. The number of aromatic nitrogens is 3. The van der Waals surface area contributed by atoms with E-state index >= 15 is 0 Å². The fourth-order valence-electron chi connectivity index (χ4n) is 2.74. The highest BCUT2D eigenvalue weighted by molar-refractivity contribution is 6.33. The maximum atomic E-state index is 12.9. The fraction of sp³-hybridized carbons (Fsp3) is 0.211. The van der Waals surface area contributed by atoms with Gasteiger partial charge in [-0.25, -0.2) is 9.48 Å². The average Bonchev–Trinajstić information content (AvgIpc) is 2.96. The smallest absolute Gasteiger partial charge is 0.350 e. The number of benzene rings is 2. The van der Waals surface area contributed by atoms with Crippen LogP contribution in [0.25, 0.3) is 11.4 Å². The van der Waals surface area contributed by atoms with Crippen LogP contribution in [-0.2, 0) is 19.8 Å². The van der Waals surface area contributed by atoms with Crippen molar-refractivity contribution < 1.29 is 18.0 Å². The largest absolute Gasteiger partial charge is 0.416 e. The van der Waals surface area contributed by atoms with E-state index in [0.29, 0.717) is 10.6 Å². The van der Waals surface area contributed by atoms with Gasteiger partial charge in [-0.1, -0.05) is 35.9 Å². The van der Waals surface area contributed by atoms with Crippen molar-refractivity contribution in [3.63, 3.8) is 0 Å². The lowest BCUT2D eigenvalue weighted by Gasteiger charge is -2.08. The van der Waals surface area contributed by atoms with Gasteiger partial charge in [-0.15, -0.1) is 5.10 Å². The highest BCUT2D eigenvalue weighted by Gasteiger charge is 2.30. The van der Waals surface area contributed by atoms with E-state index in [2.05, 4.69) is 10.4 Å². The molecule has 6 nitrogen and oxygen atoms in total. The summed E-state index contributed by atoms with van der Waals surface area (Å²) in [7, 11) is 1.42. The average molecular weight is 425 g/mol. The molecule has 3 rings (SSSR count). The Labute approximate surface area is 168 Å². The molecular weight excluding hydrogens is 409 g/mol. The first kappa shape index (κ1) is 20.7. The lowest BCUT2D eigenvalue weighted by atomic mass is 10.1. The van der Waals surface area contributed by atoms with Crippen LogP contribution in [0.1, 0.15) is 15.9 Å². The van der Waals surface area contributed by atoms with Crippen LogP contribution in [0, 0.1) is 0 Å². The summed E-state index contributed by atoms with van der Waals surface area (Å²) < 4.78 is 41.1. The van der Waals surface area contributed by atoms with Gasteiger partial charge in [-0.05, 0) is 24.3 Å². The molecule has 29 heavy (non-hydrogen) atoms. The maximum Gasteiger partial charge on any atom is 0.416 e. The van der Waals surface area contributed by atoms with E-state index in [-0.39, 0.29) is 24.5 Å². The van der Waals surface area contributed by atoms with E-state index in [1.807, 2.05) is 0 Å². The number of alkyl halides is 3. The molecule has 152 valence electrons. The van der Waals surface area contributed by atoms with Gasteiger partial charge in [0.25, 0.3) is 5.91 Å². The van der Waals surface area contributed by atoms with Crippen molar-refractivity contribution in [3.05, 3.63) is 75.2 Å². The first-order valence-electron chi connectivity index (χ1n) is 8.52. The summed E-state index contributed by atoms with van der Waals surface area (Å²) in [5.41, 5.74) is -0.876. The normalized spacial score (nSPS) is 11.5. The van der Waals surface area contributed by atoms with Gasteiger partial charge in [0.15, 0.2) is 5.82 Å². The van der Waals surface area contributed by atoms with Crippen molar-refractivity contribution in [1.29, 1.82) is 0 Å². The van der Waals surface area contributed by atoms with E-state index in [1.54, 1.807) is 24.3 Å². The molecule has 0 fully saturated rings. The third kappa shape index (κ3) is 4.51. The molecule has 1 aromatic heterocycles. The summed E-state index contributed by atoms with van der Waals surface area (Å²) in [4.78, 5) is 24.5. The fourth-order valence-corrected chi connectivity index (χ4v) is 2.96. The van der Waals surface area contributed by atoms with Gasteiger partial charge in [-0.2, -0.15) is 13.2 Å². The Balaban J connectivity index is 1.75. The maximum absolute atomic E-state index is 12.9. The molecule has 0 radical (unpaired) electrons. The number of rotatable bonds is 5. The van der Waals surface area contributed by atoms with Crippen LogP contribution in [0.5, 0.6) is 0 Å². The molecule has 0 aliphatic heterocycles. The number of hydrogen-bond donors (Lipinski definition) is 1. The Hall–Kier alpha value is -3.07. The minimum absolute atomic E-state index is 0.0435. The quantitative estimate of drug-likeness (QED) is 0.683. The van der Waals surface area contributed by atoms with E-state index in [4.69, 9.17) is 11.6 Å². The zero-order valence-corrected chi connectivity index (χ0v) is 16.0. The van der Waals surface area contributed by atoms with Gasteiger partial charge >= 0.3 is 11.9 Å². The second kappa shape index (κ2) is 8.12. The zero-order chi connectivity index (χ0) is 21.2. The monoisotopic (exact) mass is 424 g/mol. The molecule has 1 N–H and O–H groups in total. The Kier molecular flexibility index (Phi) is 5.78. The zero-order valence-electron chi connectivity index (χ0n) is 15.2. The predicted molar refractivity (Wildman–Crippen MR) is 102 cm³/mol. The number of halogens is 4. The third-order valence-corrected chi connectivity index (χ3v) is 4.55. The van der Waals surface area contributed by atoms with Gasteiger partial charge in [0.1, 0.15) is 0 Å². The molecule has 0 spiro atoms. The number of nitrogens with one attached hydrogen (secondary N) is 1. The number of hydrogen-bond acceptors (Lipinski definition) is 3. The molecule has 10 heteroatoms. The lowest BCUT2D eigenvalue weighted by Crippen LogP contribution is -2.31.